The van der Waals surface area contributed by atoms with E-state index in [1.165, 1.54) is 11.3 Å². The van der Waals surface area contributed by atoms with E-state index in [1.807, 2.05) is 18.6 Å². The van der Waals surface area contributed by atoms with Crippen molar-refractivity contribution in [2.75, 3.05) is 12.0 Å². The van der Waals surface area contributed by atoms with Crippen molar-refractivity contribution in [1.29, 1.82) is 0 Å². The minimum Gasteiger partial charge on any atom is -0.480 e. The van der Waals surface area contributed by atoms with Gasteiger partial charge in [-0.2, -0.15) is 11.8 Å². The van der Waals surface area contributed by atoms with Crippen molar-refractivity contribution in [3.63, 3.8) is 0 Å². The first-order valence-corrected chi connectivity index (χ1v) is 7.72. The highest BCUT2D eigenvalue weighted by Gasteiger charge is 2.19. The number of carboxylic acid groups (broad SMARTS) is 1. The maximum atomic E-state index is 11.7. The maximum absolute atomic E-state index is 11.7. The number of thiazole rings is 1. The van der Waals surface area contributed by atoms with Crippen molar-refractivity contribution in [3.8, 4) is 0 Å². The topological polar surface area (TPSA) is 79.3 Å². The monoisotopic (exact) mass is 288 g/mol. The van der Waals surface area contributed by atoms with Gasteiger partial charge in [-0.3, -0.25) is 4.79 Å². The van der Waals surface area contributed by atoms with E-state index in [-0.39, 0.29) is 12.3 Å². The summed E-state index contributed by atoms with van der Waals surface area (Å²) in [5, 5.41) is 14.2. The molecule has 18 heavy (non-hydrogen) atoms. The third-order valence-electron chi connectivity index (χ3n) is 2.25. The highest BCUT2D eigenvalue weighted by atomic mass is 32.2. The summed E-state index contributed by atoms with van der Waals surface area (Å²) in [7, 11) is 0. The number of aromatic nitrogens is 1. The fourth-order valence-corrected chi connectivity index (χ4v) is 2.48. The first kappa shape index (κ1) is 15.0. The Morgan fingerprint density at radius 3 is 2.83 bits per heavy atom. The Labute approximate surface area is 114 Å². The highest BCUT2D eigenvalue weighted by Crippen LogP contribution is 2.08. The summed E-state index contributed by atoms with van der Waals surface area (Å²) in [5.74, 6) is -0.590. The van der Waals surface area contributed by atoms with E-state index < -0.39 is 12.0 Å². The summed E-state index contributed by atoms with van der Waals surface area (Å²) in [4.78, 5) is 26.8. The molecule has 100 valence electrons. The smallest absolute Gasteiger partial charge is 0.326 e. The number of thioether (sulfide) groups is 1. The molecule has 0 spiro atoms. The van der Waals surface area contributed by atoms with Crippen molar-refractivity contribution in [2.24, 2.45) is 0 Å². The molecule has 0 radical (unpaired) electrons. The van der Waals surface area contributed by atoms with Crippen LogP contribution < -0.4 is 5.32 Å². The predicted octanol–water partition coefficient (Wildman–Crippen LogP) is 1.32. The molecule has 0 aliphatic heterocycles. The second-order valence-electron chi connectivity index (χ2n) is 3.77. The average Bonchev–Trinajstić information content (AvgIpc) is 2.69. The first-order chi connectivity index (χ1) is 8.52. The van der Waals surface area contributed by atoms with Crippen LogP contribution in [0, 0.1) is 6.92 Å². The van der Waals surface area contributed by atoms with Gasteiger partial charge in [-0.1, -0.05) is 0 Å². The van der Waals surface area contributed by atoms with Crippen molar-refractivity contribution < 1.29 is 14.7 Å². The van der Waals surface area contributed by atoms with Crippen LogP contribution in [-0.2, 0) is 16.0 Å². The molecule has 1 heterocycles. The fraction of sp³-hybridized carbons (Fsp3) is 0.545. The molecule has 0 fully saturated rings. The quantitative estimate of drug-likeness (QED) is 0.791. The normalized spacial score (nSPS) is 12.1. The van der Waals surface area contributed by atoms with Gasteiger partial charge in [-0.15, -0.1) is 11.3 Å². The molecule has 0 saturated carbocycles. The molecule has 1 rings (SSSR count). The Bertz CT molecular complexity index is 420. The number of amides is 1. The Morgan fingerprint density at radius 1 is 1.61 bits per heavy atom. The van der Waals surface area contributed by atoms with Gasteiger partial charge < -0.3 is 10.4 Å². The lowest BCUT2D eigenvalue weighted by molar-refractivity contribution is -0.141. The lowest BCUT2D eigenvalue weighted by Gasteiger charge is -2.13. The second-order valence-corrected chi connectivity index (χ2v) is 5.82. The number of rotatable bonds is 7. The number of hydrogen-bond donors (Lipinski definition) is 2. The van der Waals surface area contributed by atoms with Crippen molar-refractivity contribution in [3.05, 3.63) is 16.1 Å². The van der Waals surface area contributed by atoms with Crippen LogP contribution in [0.25, 0.3) is 0 Å². The summed E-state index contributed by atoms with van der Waals surface area (Å²) in [6.45, 7) is 1.87. The molecule has 0 aromatic carbocycles. The molecule has 0 unspecified atom stereocenters. The van der Waals surface area contributed by atoms with E-state index in [9.17, 15) is 9.59 Å². The summed E-state index contributed by atoms with van der Waals surface area (Å²) in [5.41, 5.74) is 0.684. The minimum absolute atomic E-state index is 0.132. The average molecular weight is 288 g/mol. The van der Waals surface area contributed by atoms with Crippen LogP contribution in [0.1, 0.15) is 17.1 Å². The number of carbonyl (C=O) groups excluding carboxylic acids is 1. The molecule has 0 bridgehead atoms. The summed E-state index contributed by atoms with van der Waals surface area (Å²) >= 11 is 3.03. The summed E-state index contributed by atoms with van der Waals surface area (Å²) < 4.78 is 0. The van der Waals surface area contributed by atoms with Gasteiger partial charge in [0.1, 0.15) is 6.04 Å². The van der Waals surface area contributed by atoms with Gasteiger partial charge in [0.15, 0.2) is 0 Å². The van der Waals surface area contributed by atoms with E-state index in [0.29, 0.717) is 17.9 Å². The molecular formula is C11H16N2O3S2. The molecule has 1 aromatic rings. The first-order valence-electron chi connectivity index (χ1n) is 5.45. The molecule has 0 saturated heterocycles. The van der Waals surface area contributed by atoms with Crippen molar-refractivity contribution >= 4 is 35.0 Å². The van der Waals surface area contributed by atoms with Gasteiger partial charge in [0.25, 0.3) is 0 Å². The molecular weight excluding hydrogens is 272 g/mol. The van der Waals surface area contributed by atoms with Gasteiger partial charge >= 0.3 is 5.97 Å². The van der Waals surface area contributed by atoms with Gasteiger partial charge in [-0.05, 0) is 25.4 Å². The van der Waals surface area contributed by atoms with Crippen LogP contribution >= 0.6 is 23.1 Å². The minimum atomic E-state index is -0.994. The standard InChI is InChI=1S/C11H16N2O3S2/c1-7-12-8(6-18-7)5-10(14)13-9(11(15)16)3-4-17-2/h6,9H,3-5H2,1-2H3,(H,13,14)(H,15,16)/t9-/m1/s1. The van der Waals surface area contributed by atoms with Crippen LogP contribution in [-0.4, -0.2) is 40.0 Å². The fourth-order valence-electron chi connectivity index (χ4n) is 1.39. The molecule has 0 aliphatic rings. The lowest BCUT2D eigenvalue weighted by Crippen LogP contribution is -2.41. The van der Waals surface area contributed by atoms with Crippen LogP contribution in [0.4, 0.5) is 0 Å². The van der Waals surface area contributed by atoms with E-state index in [0.717, 1.165) is 5.01 Å². The molecule has 0 aliphatic carbocycles. The van der Waals surface area contributed by atoms with E-state index >= 15 is 0 Å². The van der Waals surface area contributed by atoms with Crippen LogP contribution in [0.2, 0.25) is 0 Å². The molecule has 2 N–H and O–H groups in total. The predicted molar refractivity (Wildman–Crippen MR) is 73.1 cm³/mol. The zero-order valence-corrected chi connectivity index (χ0v) is 11.9. The largest absolute Gasteiger partial charge is 0.480 e. The molecule has 1 atom stereocenters. The maximum Gasteiger partial charge on any atom is 0.326 e. The summed E-state index contributed by atoms with van der Waals surface area (Å²) in [6.07, 6.45) is 2.46. The number of carboxylic acids is 1. The van der Waals surface area contributed by atoms with Gasteiger partial charge in [0.05, 0.1) is 17.1 Å². The van der Waals surface area contributed by atoms with Crippen molar-refractivity contribution in [2.45, 2.75) is 25.8 Å². The Morgan fingerprint density at radius 2 is 2.33 bits per heavy atom. The SMILES string of the molecule is CSCC[C@@H](NC(=O)Cc1csc(C)n1)C(=O)O. The number of aryl methyl sites for hydroxylation is 1. The Hall–Kier alpha value is -1.08. The van der Waals surface area contributed by atoms with E-state index in [2.05, 4.69) is 10.3 Å². The number of carbonyl (C=O) groups is 2. The van der Waals surface area contributed by atoms with Gasteiger partial charge in [0.2, 0.25) is 5.91 Å². The van der Waals surface area contributed by atoms with Gasteiger partial charge in [0, 0.05) is 5.38 Å². The lowest BCUT2D eigenvalue weighted by atomic mass is 10.2. The number of nitrogens with zero attached hydrogens (tertiary/aromatic N) is 1. The Balaban J connectivity index is 2.48. The van der Waals surface area contributed by atoms with Crippen LogP contribution in [0.3, 0.4) is 0 Å². The van der Waals surface area contributed by atoms with Crippen LogP contribution in [0.15, 0.2) is 5.38 Å². The summed E-state index contributed by atoms with van der Waals surface area (Å²) in [6, 6.07) is -0.815. The van der Waals surface area contributed by atoms with Crippen LogP contribution in [0.5, 0.6) is 0 Å². The third-order valence-corrected chi connectivity index (χ3v) is 3.72. The van der Waals surface area contributed by atoms with E-state index in [4.69, 9.17) is 5.11 Å². The Kier molecular flexibility index (Phi) is 6.14. The molecule has 1 amide bonds. The third kappa shape index (κ3) is 5.05. The highest BCUT2D eigenvalue weighted by molar-refractivity contribution is 7.98. The molecule has 1 aromatic heterocycles. The zero-order valence-electron chi connectivity index (χ0n) is 10.3. The number of aliphatic carboxylic acids is 1. The second kappa shape index (κ2) is 7.38. The molecule has 5 nitrogen and oxygen atoms in total. The van der Waals surface area contributed by atoms with Gasteiger partial charge in [-0.25, -0.2) is 9.78 Å². The van der Waals surface area contributed by atoms with Crippen molar-refractivity contribution in [1.82, 2.24) is 10.3 Å². The number of hydrogen-bond acceptors (Lipinski definition) is 5. The number of nitrogens with one attached hydrogen (secondary N) is 1. The zero-order chi connectivity index (χ0) is 13.5. The molecule has 7 heteroatoms. The van der Waals surface area contributed by atoms with E-state index in [1.54, 1.807) is 11.8 Å².